The molecular formula is C17H25N3. The number of nitrogens with zero attached hydrogens (tertiary/aromatic N) is 1. The molecule has 20 heavy (non-hydrogen) atoms. The highest BCUT2D eigenvalue weighted by Gasteiger charge is 2.39. The van der Waals surface area contributed by atoms with Crippen LogP contribution in [0.3, 0.4) is 0 Å². The third-order valence-corrected chi connectivity index (χ3v) is 5.33. The first-order chi connectivity index (χ1) is 9.54. The summed E-state index contributed by atoms with van der Waals surface area (Å²) in [6.45, 7) is 3.20. The van der Waals surface area contributed by atoms with Gasteiger partial charge in [0, 0.05) is 24.8 Å². The van der Waals surface area contributed by atoms with Crippen molar-refractivity contribution in [2.45, 2.75) is 32.6 Å². The van der Waals surface area contributed by atoms with E-state index in [0.717, 1.165) is 28.9 Å². The number of rotatable bonds is 4. The Balaban J connectivity index is 1.69. The summed E-state index contributed by atoms with van der Waals surface area (Å²) in [4.78, 5) is 2.38. The minimum atomic E-state index is 0.157. The van der Waals surface area contributed by atoms with E-state index in [2.05, 4.69) is 24.1 Å². The zero-order valence-corrected chi connectivity index (χ0v) is 12.5. The van der Waals surface area contributed by atoms with Gasteiger partial charge in [-0.1, -0.05) is 6.42 Å². The SMILES string of the molecule is Cc1cc(N(C)CC2CC3CCC2C3)ccc1C(=N)N. The highest BCUT2D eigenvalue weighted by molar-refractivity contribution is 5.96. The lowest BCUT2D eigenvalue weighted by Crippen LogP contribution is -2.28. The molecule has 3 heteroatoms. The fraction of sp³-hybridized carbons (Fsp3) is 0.588. The predicted octanol–water partition coefficient (Wildman–Crippen LogP) is 3.15. The molecule has 108 valence electrons. The molecule has 0 spiro atoms. The molecule has 3 unspecified atom stereocenters. The lowest BCUT2D eigenvalue weighted by molar-refractivity contribution is 0.337. The molecule has 0 amide bonds. The standard InChI is InChI=1S/C17H25N3/c1-11-7-15(5-6-16(11)17(18)19)20(2)10-14-9-12-3-4-13(14)8-12/h5-7,12-14H,3-4,8-10H2,1-2H3,(H3,18,19). The van der Waals surface area contributed by atoms with Gasteiger partial charge in [0.1, 0.15) is 5.84 Å². The number of benzene rings is 1. The number of nitrogen functional groups attached to an aromatic ring is 1. The van der Waals surface area contributed by atoms with Gasteiger partial charge in [-0.15, -0.1) is 0 Å². The van der Waals surface area contributed by atoms with E-state index in [1.54, 1.807) is 0 Å². The summed E-state index contributed by atoms with van der Waals surface area (Å²) in [5.74, 6) is 3.02. The normalized spacial score (nSPS) is 27.8. The average Bonchev–Trinajstić information content (AvgIpc) is 3.00. The van der Waals surface area contributed by atoms with E-state index < -0.39 is 0 Å². The molecule has 0 aliphatic heterocycles. The summed E-state index contributed by atoms with van der Waals surface area (Å²) in [6.07, 6.45) is 5.82. The van der Waals surface area contributed by atoms with E-state index >= 15 is 0 Å². The van der Waals surface area contributed by atoms with Gasteiger partial charge < -0.3 is 10.6 Å². The van der Waals surface area contributed by atoms with Crippen LogP contribution < -0.4 is 10.6 Å². The molecular weight excluding hydrogens is 246 g/mol. The third-order valence-electron chi connectivity index (χ3n) is 5.33. The molecule has 3 N–H and O–H groups in total. The first-order valence-corrected chi connectivity index (χ1v) is 7.70. The molecule has 2 fully saturated rings. The highest BCUT2D eigenvalue weighted by Crippen LogP contribution is 2.48. The van der Waals surface area contributed by atoms with Gasteiger partial charge in [0.2, 0.25) is 0 Å². The Morgan fingerprint density at radius 1 is 1.35 bits per heavy atom. The van der Waals surface area contributed by atoms with Gasteiger partial charge in [-0.25, -0.2) is 0 Å². The molecule has 3 rings (SSSR count). The summed E-state index contributed by atoms with van der Waals surface area (Å²) in [7, 11) is 2.19. The second-order valence-electron chi connectivity index (χ2n) is 6.73. The minimum Gasteiger partial charge on any atom is -0.384 e. The maximum Gasteiger partial charge on any atom is 0.123 e. The molecule has 0 aromatic heterocycles. The zero-order chi connectivity index (χ0) is 14.3. The topological polar surface area (TPSA) is 53.1 Å². The molecule has 0 saturated heterocycles. The second-order valence-corrected chi connectivity index (χ2v) is 6.73. The number of hydrogen-bond donors (Lipinski definition) is 2. The molecule has 0 heterocycles. The van der Waals surface area contributed by atoms with Gasteiger partial charge in [-0.2, -0.15) is 0 Å². The summed E-state index contributed by atoms with van der Waals surface area (Å²) >= 11 is 0. The summed E-state index contributed by atoms with van der Waals surface area (Å²) in [6, 6.07) is 6.23. The van der Waals surface area contributed by atoms with Crippen molar-refractivity contribution < 1.29 is 0 Å². The number of nitrogens with two attached hydrogens (primary N) is 1. The maximum absolute atomic E-state index is 7.56. The molecule has 2 saturated carbocycles. The minimum absolute atomic E-state index is 0.157. The molecule has 1 aromatic carbocycles. The van der Waals surface area contributed by atoms with E-state index in [0.29, 0.717) is 0 Å². The molecule has 1 aromatic rings. The molecule has 2 aliphatic carbocycles. The van der Waals surface area contributed by atoms with Gasteiger partial charge in [0.05, 0.1) is 0 Å². The van der Waals surface area contributed by atoms with Crippen molar-refractivity contribution in [3.8, 4) is 0 Å². The van der Waals surface area contributed by atoms with Crippen LogP contribution in [0.25, 0.3) is 0 Å². The molecule has 3 atom stereocenters. The van der Waals surface area contributed by atoms with Crippen molar-refractivity contribution in [2.24, 2.45) is 23.5 Å². The number of aryl methyl sites for hydroxylation is 1. The van der Waals surface area contributed by atoms with E-state index in [1.807, 2.05) is 13.0 Å². The Morgan fingerprint density at radius 2 is 2.15 bits per heavy atom. The second kappa shape index (κ2) is 5.12. The highest BCUT2D eigenvalue weighted by atomic mass is 15.1. The molecule has 3 nitrogen and oxygen atoms in total. The van der Waals surface area contributed by atoms with Crippen LogP contribution in [0.2, 0.25) is 0 Å². The lowest BCUT2D eigenvalue weighted by Gasteiger charge is -2.29. The van der Waals surface area contributed by atoms with Crippen molar-refractivity contribution in [3.05, 3.63) is 29.3 Å². The fourth-order valence-corrected chi connectivity index (χ4v) is 4.24. The van der Waals surface area contributed by atoms with Gasteiger partial charge in [-0.05, 0) is 67.7 Å². The largest absolute Gasteiger partial charge is 0.384 e. The molecule has 2 aliphatic rings. The molecule has 0 radical (unpaired) electrons. The number of hydrogen-bond acceptors (Lipinski definition) is 2. The van der Waals surface area contributed by atoms with E-state index in [1.165, 1.54) is 37.9 Å². The lowest BCUT2D eigenvalue weighted by atomic mass is 9.88. The first-order valence-electron chi connectivity index (χ1n) is 7.70. The number of nitrogens with one attached hydrogen (secondary N) is 1. The van der Waals surface area contributed by atoms with Crippen LogP contribution in [-0.4, -0.2) is 19.4 Å². The number of anilines is 1. The quantitative estimate of drug-likeness (QED) is 0.653. The summed E-state index contributed by atoms with van der Waals surface area (Å²) < 4.78 is 0. The summed E-state index contributed by atoms with van der Waals surface area (Å²) in [5, 5.41) is 7.56. The van der Waals surface area contributed by atoms with Gasteiger partial charge in [0.25, 0.3) is 0 Å². The van der Waals surface area contributed by atoms with Crippen LogP contribution in [0, 0.1) is 30.1 Å². The number of fused-ring (bicyclic) bond motifs is 2. The Labute approximate surface area is 121 Å². The van der Waals surface area contributed by atoms with E-state index in [4.69, 9.17) is 11.1 Å². The van der Waals surface area contributed by atoms with Crippen LogP contribution in [-0.2, 0) is 0 Å². The average molecular weight is 271 g/mol. The van der Waals surface area contributed by atoms with Crippen LogP contribution >= 0.6 is 0 Å². The smallest absolute Gasteiger partial charge is 0.123 e. The van der Waals surface area contributed by atoms with Crippen molar-refractivity contribution in [3.63, 3.8) is 0 Å². The Bertz CT molecular complexity index is 523. The van der Waals surface area contributed by atoms with Gasteiger partial charge in [0.15, 0.2) is 0 Å². The zero-order valence-electron chi connectivity index (χ0n) is 12.5. The maximum atomic E-state index is 7.56. The van der Waals surface area contributed by atoms with Crippen molar-refractivity contribution in [1.82, 2.24) is 0 Å². The Morgan fingerprint density at radius 3 is 2.70 bits per heavy atom. The first kappa shape index (κ1) is 13.5. The van der Waals surface area contributed by atoms with Gasteiger partial charge in [-0.3, -0.25) is 5.41 Å². The van der Waals surface area contributed by atoms with Crippen molar-refractivity contribution in [2.75, 3.05) is 18.5 Å². The van der Waals surface area contributed by atoms with Gasteiger partial charge >= 0.3 is 0 Å². The van der Waals surface area contributed by atoms with E-state index in [-0.39, 0.29) is 5.84 Å². The van der Waals surface area contributed by atoms with Crippen molar-refractivity contribution >= 4 is 11.5 Å². The van der Waals surface area contributed by atoms with Crippen LogP contribution in [0.4, 0.5) is 5.69 Å². The molecule has 2 bridgehead atoms. The number of amidine groups is 1. The monoisotopic (exact) mass is 271 g/mol. The van der Waals surface area contributed by atoms with E-state index in [9.17, 15) is 0 Å². The van der Waals surface area contributed by atoms with Crippen LogP contribution in [0.1, 0.15) is 36.8 Å². The Hall–Kier alpha value is -1.51. The summed E-state index contributed by atoms with van der Waals surface area (Å²) in [5.41, 5.74) is 8.77. The Kier molecular flexibility index (Phi) is 3.45. The van der Waals surface area contributed by atoms with Crippen LogP contribution in [0.5, 0.6) is 0 Å². The fourth-order valence-electron chi connectivity index (χ4n) is 4.24. The van der Waals surface area contributed by atoms with Crippen molar-refractivity contribution in [1.29, 1.82) is 5.41 Å². The van der Waals surface area contributed by atoms with Crippen LogP contribution in [0.15, 0.2) is 18.2 Å². The predicted molar refractivity (Wildman–Crippen MR) is 84.4 cm³/mol. The third kappa shape index (κ3) is 2.41.